The van der Waals surface area contributed by atoms with Crippen molar-refractivity contribution >= 4 is 75.9 Å². The van der Waals surface area contributed by atoms with E-state index < -0.39 is 0 Å². The summed E-state index contributed by atoms with van der Waals surface area (Å²) in [5.41, 5.74) is 12.2. The second-order valence-corrected chi connectivity index (χ2v) is 14.8. The lowest BCUT2D eigenvalue weighted by atomic mass is 9.90. The van der Waals surface area contributed by atoms with Crippen LogP contribution >= 0.6 is 0 Å². The minimum atomic E-state index is 1.20. The number of hydrogen-bond donors (Lipinski definition) is 0. The number of fused-ring (bicyclic) bond motifs is 9. The molecule has 0 saturated carbocycles. The monoisotopic (exact) mass is 710 g/mol. The van der Waals surface area contributed by atoms with Crippen molar-refractivity contribution in [1.82, 2.24) is 9.13 Å². The highest BCUT2D eigenvalue weighted by Gasteiger charge is 2.21. The van der Waals surface area contributed by atoms with E-state index in [0.29, 0.717) is 0 Å². The van der Waals surface area contributed by atoms with Crippen molar-refractivity contribution in [2.45, 2.75) is 0 Å². The van der Waals surface area contributed by atoms with Gasteiger partial charge in [-0.15, -0.1) is 0 Å². The molecule has 0 aliphatic heterocycles. The van der Waals surface area contributed by atoms with Crippen LogP contribution in [0.4, 0.5) is 0 Å². The van der Waals surface area contributed by atoms with Crippen LogP contribution in [0.25, 0.3) is 110 Å². The van der Waals surface area contributed by atoms with Crippen LogP contribution < -0.4 is 0 Å². The molecule has 0 fully saturated rings. The van der Waals surface area contributed by atoms with Gasteiger partial charge in [-0.25, -0.2) is 0 Å². The summed E-state index contributed by atoms with van der Waals surface area (Å²) in [5.74, 6) is 0. The molecule has 0 amide bonds. The van der Waals surface area contributed by atoms with Crippen molar-refractivity contribution in [2.75, 3.05) is 0 Å². The number of nitrogens with zero attached hydrogens (tertiary/aromatic N) is 2. The van der Waals surface area contributed by atoms with E-state index in [1.54, 1.807) is 0 Å². The fourth-order valence-electron chi connectivity index (χ4n) is 9.47. The number of para-hydroxylation sites is 2. The van der Waals surface area contributed by atoms with Gasteiger partial charge in [0.1, 0.15) is 0 Å². The molecule has 0 atom stereocenters. The zero-order valence-electron chi connectivity index (χ0n) is 30.5. The first-order chi connectivity index (χ1) is 27.8. The molecule has 0 bridgehead atoms. The Hall–Kier alpha value is -7.42. The lowest BCUT2D eigenvalue weighted by molar-refractivity contribution is 1.20. The summed E-state index contributed by atoms with van der Waals surface area (Å²) < 4.78 is 4.94. The molecule has 0 aliphatic carbocycles. The molecule has 10 aromatic carbocycles. The van der Waals surface area contributed by atoms with Crippen molar-refractivity contribution in [1.29, 1.82) is 0 Å². The second-order valence-electron chi connectivity index (χ2n) is 14.8. The van der Waals surface area contributed by atoms with Crippen LogP contribution in [0.2, 0.25) is 0 Å². The third-order valence-corrected chi connectivity index (χ3v) is 11.9. The van der Waals surface area contributed by atoms with Gasteiger partial charge in [0.15, 0.2) is 0 Å². The minimum Gasteiger partial charge on any atom is -0.309 e. The van der Waals surface area contributed by atoms with Crippen LogP contribution in [0.1, 0.15) is 0 Å². The number of benzene rings is 10. The third kappa shape index (κ3) is 4.44. The molecule has 0 aliphatic rings. The lowest BCUT2D eigenvalue weighted by Gasteiger charge is -2.19. The minimum absolute atomic E-state index is 1.20. The average Bonchev–Trinajstić information content (AvgIpc) is 3.77. The Bertz CT molecular complexity index is 3470. The van der Waals surface area contributed by atoms with Gasteiger partial charge in [0.05, 0.1) is 33.4 Å². The molecular formula is C54H34N2. The van der Waals surface area contributed by atoms with Gasteiger partial charge >= 0.3 is 0 Å². The van der Waals surface area contributed by atoms with E-state index in [4.69, 9.17) is 0 Å². The Morgan fingerprint density at radius 2 is 0.696 bits per heavy atom. The maximum Gasteiger partial charge on any atom is 0.0619 e. The zero-order chi connectivity index (χ0) is 36.7. The van der Waals surface area contributed by atoms with Gasteiger partial charge in [-0.05, 0) is 80.9 Å². The van der Waals surface area contributed by atoms with Crippen LogP contribution in [-0.4, -0.2) is 9.13 Å². The predicted octanol–water partition coefficient (Wildman–Crippen LogP) is 14.7. The summed E-state index contributed by atoms with van der Waals surface area (Å²) in [6, 6.07) is 75.7. The fraction of sp³-hybridized carbons (Fsp3) is 0. The first-order valence-electron chi connectivity index (χ1n) is 19.4. The van der Waals surface area contributed by atoms with E-state index >= 15 is 0 Å². The second kappa shape index (κ2) is 12.0. The predicted molar refractivity (Wildman–Crippen MR) is 239 cm³/mol. The van der Waals surface area contributed by atoms with E-state index in [0.717, 1.165) is 0 Å². The Labute approximate surface area is 323 Å². The van der Waals surface area contributed by atoms with E-state index in [1.807, 2.05) is 0 Å². The number of rotatable bonds is 4. The van der Waals surface area contributed by atoms with Gasteiger partial charge < -0.3 is 9.13 Å². The summed E-state index contributed by atoms with van der Waals surface area (Å²) >= 11 is 0. The first kappa shape index (κ1) is 31.0. The van der Waals surface area contributed by atoms with Crippen molar-refractivity contribution in [3.05, 3.63) is 206 Å². The van der Waals surface area contributed by atoms with Crippen molar-refractivity contribution in [2.24, 2.45) is 0 Å². The zero-order valence-corrected chi connectivity index (χ0v) is 30.5. The molecule has 260 valence electrons. The summed E-state index contributed by atoms with van der Waals surface area (Å²) in [6.07, 6.45) is 0. The van der Waals surface area contributed by atoms with Gasteiger partial charge in [-0.1, -0.05) is 164 Å². The normalized spacial score (nSPS) is 11.9. The fourth-order valence-corrected chi connectivity index (χ4v) is 9.47. The van der Waals surface area contributed by atoms with Crippen LogP contribution in [0.15, 0.2) is 206 Å². The third-order valence-electron chi connectivity index (χ3n) is 11.9. The molecule has 0 spiro atoms. The average molecular weight is 711 g/mol. The van der Waals surface area contributed by atoms with E-state index in [2.05, 4.69) is 215 Å². The highest BCUT2D eigenvalue weighted by molar-refractivity contribution is 6.21. The maximum atomic E-state index is 2.51. The summed E-state index contributed by atoms with van der Waals surface area (Å²) in [6.45, 7) is 0. The molecule has 0 unspecified atom stereocenters. The van der Waals surface area contributed by atoms with Gasteiger partial charge in [0.2, 0.25) is 0 Å². The SMILES string of the molecule is c1ccc(-c2c3ccccc3c(-n3c4ccccc4c4cc(-c5ccc6c(c5)c5ccccc5n6-c5cccc6ccccc56)ccc43)c3ccccc23)cc1. The maximum absolute atomic E-state index is 2.51. The van der Waals surface area contributed by atoms with Crippen LogP contribution in [0.5, 0.6) is 0 Å². The van der Waals surface area contributed by atoms with E-state index in [-0.39, 0.29) is 0 Å². The van der Waals surface area contributed by atoms with Crippen LogP contribution in [-0.2, 0) is 0 Å². The highest BCUT2D eigenvalue weighted by Crippen LogP contribution is 2.45. The van der Waals surface area contributed by atoms with E-state index in [1.165, 1.54) is 110 Å². The molecule has 2 heteroatoms. The Morgan fingerprint density at radius 3 is 1.32 bits per heavy atom. The molecule has 2 aromatic heterocycles. The molecule has 0 N–H and O–H groups in total. The topological polar surface area (TPSA) is 9.86 Å². The van der Waals surface area contributed by atoms with Gasteiger partial charge in [0, 0.05) is 37.7 Å². The first-order valence-corrected chi connectivity index (χ1v) is 19.4. The quantitative estimate of drug-likeness (QED) is 0.161. The van der Waals surface area contributed by atoms with Crippen molar-refractivity contribution in [3.8, 4) is 33.6 Å². The molecule has 12 aromatic rings. The number of aromatic nitrogens is 2. The summed E-state index contributed by atoms with van der Waals surface area (Å²) in [5, 5.41) is 12.5. The molecule has 56 heavy (non-hydrogen) atoms. The van der Waals surface area contributed by atoms with E-state index in [9.17, 15) is 0 Å². The molecule has 0 saturated heterocycles. The Kier molecular flexibility index (Phi) is 6.66. The van der Waals surface area contributed by atoms with Crippen molar-refractivity contribution < 1.29 is 0 Å². The smallest absolute Gasteiger partial charge is 0.0619 e. The molecular weight excluding hydrogens is 677 g/mol. The lowest BCUT2D eigenvalue weighted by Crippen LogP contribution is -1.99. The molecule has 12 rings (SSSR count). The largest absolute Gasteiger partial charge is 0.309 e. The van der Waals surface area contributed by atoms with Crippen LogP contribution in [0, 0.1) is 0 Å². The van der Waals surface area contributed by atoms with Crippen LogP contribution in [0.3, 0.4) is 0 Å². The Balaban J connectivity index is 1.10. The molecule has 2 heterocycles. The standard InChI is InChI=1S/C54H34N2/c1-2-16-36(17-3-1)53-42-22-6-8-24-44(42)54(45-25-9-7-23-43(45)53)56-50-27-13-11-21-41(50)47-34-38(30-32-52(47)56)37-29-31-51-46(33-37)40-20-10-12-26-49(40)55(51)48-28-14-18-35-15-4-5-19-39(35)48/h1-34H. The van der Waals surface area contributed by atoms with Gasteiger partial charge in [-0.3, -0.25) is 0 Å². The van der Waals surface area contributed by atoms with Gasteiger partial charge in [0.25, 0.3) is 0 Å². The summed E-state index contributed by atoms with van der Waals surface area (Å²) in [7, 11) is 0. The highest BCUT2D eigenvalue weighted by atomic mass is 15.0. The Morgan fingerprint density at radius 1 is 0.250 bits per heavy atom. The number of hydrogen-bond acceptors (Lipinski definition) is 0. The molecule has 2 nitrogen and oxygen atoms in total. The van der Waals surface area contributed by atoms with Gasteiger partial charge in [-0.2, -0.15) is 0 Å². The summed E-state index contributed by atoms with van der Waals surface area (Å²) in [4.78, 5) is 0. The van der Waals surface area contributed by atoms with Crippen molar-refractivity contribution in [3.63, 3.8) is 0 Å². The molecule has 0 radical (unpaired) electrons.